The normalized spacial score (nSPS) is 10.7. The Labute approximate surface area is 151 Å². The van der Waals surface area contributed by atoms with Crippen LogP contribution in [0.25, 0.3) is 22.8 Å². The Hall–Kier alpha value is -2.78. The monoisotopic (exact) mass is 343 g/mol. The molecule has 3 heteroatoms. The van der Waals surface area contributed by atoms with Gasteiger partial charge in [0.15, 0.2) is 5.76 Å². The number of hydrogen-bond acceptors (Lipinski definition) is 3. The average molecular weight is 343 g/mol. The van der Waals surface area contributed by atoms with E-state index in [4.69, 9.17) is 9.40 Å². The maximum absolute atomic E-state index is 6.14. The molecule has 0 spiro atoms. The van der Waals surface area contributed by atoms with Crippen LogP contribution >= 0.6 is 11.8 Å². The Balaban J connectivity index is 1.69. The summed E-state index contributed by atoms with van der Waals surface area (Å²) in [6.07, 6.45) is 0. The first-order valence-electron chi connectivity index (χ1n) is 8.18. The summed E-state index contributed by atoms with van der Waals surface area (Å²) in [5.74, 6) is 2.36. The molecule has 3 aromatic carbocycles. The summed E-state index contributed by atoms with van der Waals surface area (Å²) in [6.45, 7) is 0. The number of aromatic nitrogens is 1. The molecule has 0 saturated heterocycles. The van der Waals surface area contributed by atoms with Gasteiger partial charge in [-0.3, -0.25) is 0 Å². The van der Waals surface area contributed by atoms with Crippen LogP contribution in [0.4, 0.5) is 0 Å². The highest BCUT2D eigenvalue weighted by atomic mass is 32.2. The van der Waals surface area contributed by atoms with Gasteiger partial charge in [0.25, 0.3) is 0 Å². The molecular weight excluding hydrogens is 326 g/mol. The Morgan fingerprint density at radius 3 is 1.88 bits per heavy atom. The van der Waals surface area contributed by atoms with Crippen LogP contribution in [0.2, 0.25) is 0 Å². The minimum Gasteiger partial charge on any atom is -0.435 e. The molecule has 0 amide bonds. The highest BCUT2D eigenvalue weighted by Crippen LogP contribution is 2.36. The van der Waals surface area contributed by atoms with E-state index < -0.39 is 0 Å². The topological polar surface area (TPSA) is 26.0 Å². The van der Waals surface area contributed by atoms with Crippen LogP contribution in [0.1, 0.15) is 5.56 Å². The fraction of sp³-hybridized carbons (Fsp3) is 0.0455. The predicted molar refractivity (Wildman–Crippen MR) is 103 cm³/mol. The van der Waals surface area contributed by atoms with E-state index in [1.54, 1.807) is 11.8 Å². The molecule has 0 aliphatic carbocycles. The van der Waals surface area contributed by atoms with E-state index in [1.807, 2.05) is 54.6 Å². The molecule has 4 aromatic rings. The van der Waals surface area contributed by atoms with E-state index in [2.05, 4.69) is 36.4 Å². The second-order valence-electron chi connectivity index (χ2n) is 5.66. The van der Waals surface area contributed by atoms with Gasteiger partial charge in [-0.25, -0.2) is 4.98 Å². The van der Waals surface area contributed by atoms with Crippen molar-refractivity contribution in [2.75, 3.05) is 0 Å². The maximum Gasteiger partial charge on any atom is 0.227 e. The molecule has 2 nitrogen and oxygen atoms in total. The number of hydrogen-bond donors (Lipinski definition) is 0. The highest BCUT2D eigenvalue weighted by molar-refractivity contribution is 7.98. The summed E-state index contributed by atoms with van der Waals surface area (Å²) in [7, 11) is 0. The minimum absolute atomic E-state index is 0.662. The Morgan fingerprint density at radius 1 is 0.680 bits per heavy atom. The first-order chi connectivity index (χ1) is 12.4. The fourth-order valence-electron chi connectivity index (χ4n) is 2.61. The van der Waals surface area contributed by atoms with Gasteiger partial charge < -0.3 is 4.42 Å². The molecular formula is C22H17NOS. The molecule has 0 saturated carbocycles. The Bertz CT molecular complexity index is 934. The van der Waals surface area contributed by atoms with Gasteiger partial charge >= 0.3 is 0 Å². The molecule has 25 heavy (non-hydrogen) atoms. The first-order valence-corrected chi connectivity index (χ1v) is 9.17. The summed E-state index contributed by atoms with van der Waals surface area (Å²) >= 11 is 1.71. The number of oxazole rings is 1. The van der Waals surface area contributed by atoms with Crippen molar-refractivity contribution in [3.05, 3.63) is 96.6 Å². The Kier molecular flexibility index (Phi) is 4.66. The van der Waals surface area contributed by atoms with E-state index in [0.717, 1.165) is 27.7 Å². The molecule has 0 N–H and O–H groups in total. The summed E-state index contributed by atoms with van der Waals surface area (Å²) in [4.78, 5) is 4.77. The number of rotatable bonds is 5. The van der Waals surface area contributed by atoms with Crippen LogP contribution in [0.5, 0.6) is 0 Å². The minimum atomic E-state index is 0.662. The molecule has 1 aromatic heterocycles. The first kappa shape index (κ1) is 15.7. The van der Waals surface area contributed by atoms with E-state index in [1.165, 1.54) is 5.56 Å². The van der Waals surface area contributed by atoms with Gasteiger partial charge in [0.2, 0.25) is 5.89 Å². The molecule has 4 rings (SSSR count). The zero-order valence-corrected chi connectivity index (χ0v) is 14.4. The molecule has 0 bridgehead atoms. The zero-order valence-electron chi connectivity index (χ0n) is 13.6. The molecule has 0 aliphatic heterocycles. The SMILES string of the molecule is c1ccc(CSc2nc(-c3ccccc3)oc2-c2ccccc2)cc1. The van der Waals surface area contributed by atoms with Crippen molar-refractivity contribution in [3.8, 4) is 22.8 Å². The lowest BCUT2D eigenvalue weighted by Crippen LogP contribution is -1.82. The van der Waals surface area contributed by atoms with Crippen LogP contribution in [0, 0.1) is 0 Å². The third-order valence-electron chi connectivity index (χ3n) is 3.87. The molecule has 1 heterocycles. The smallest absolute Gasteiger partial charge is 0.227 e. The number of benzene rings is 3. The second-order valence-corrected chi connectivity index (χ2v) is 6.62. The van der Waals surface area contributed by atoms with Gasteiger partial charge in [0.1, 0.15) is 5.03 Å². The number of thioether (sulfide) groups is 1. The van der Waals surface area contributed by atoms with Crippen molar-refractivity contribution in [3.63, 3.8) is 0 Å². The van der Waals surface area contributed by atoms with Crippen molar-refractivity contribution in [1.29, 1.82) is 0 Å². The summed E-state index contributed by atoms with van der Waals surface area (Å²) in [5.41, 5.74) is 3.31. The molecule has 0 unspecified atom stereocenters. The van der Waals surface area contributed by atoms with Gasteiger partial charge in [0.05, 0.1) is 0 Å². The summed E-state index contributed by atoms with van der Waals surface area (Å²) in [5, 5.41) is 0.925. The van der Waals surface area contributed by atoms with Crippen LogP contribution in [-0.4, -0.2) is 4.98 Å². The predicted octanol–water partition coefficient (Wildman–Crippen LogP) is 6.30. The summed E-state index contributed by atoms with van der Waals surface area (Å²) < 4.78 is 6.14. The van der Waals surface area contributed by atoms with Crippen LogP contribution < -0.4 is 0 Å². The fourth-order valence-corrected chi connectivity index (χ4v) is 3.54. The maximum atomic E-state index is 6.14. The van der Waals surface area contributed by atoms with Crippen molar-refractivity contribution < 1.29 is 4.42 Å². The molecule has 0 fully saturated rings. The van der Waals surface area contributed by atoms with E-state index >= 15 is 0 Å². The molecule has 0 aliphatic rings. The van der Waals surface area contributed by atoms with Crippen molar-refractivity contribution in [2.24, 2.45) is 0 Å². The van der Waals surface area contributed by atoms with E-state index in [0.29, 0.717) is 5.89 Å². The average Bonchev–Trinajstić information content (AvgIpc) is 3.13. The van der Waals surface area contributed by atoms with Gasteiger partial charge in [-0.1, -0.05) is 90.6 Å². The molecule has 0 atom stereocenters. The van der Waals surface area contributed by atoms with Gasteiger partial charge in [-0.2, -0.15) is 0 Å². The quantitative estimate of drug-likeness (QED) is 0.398. The van der Waals surface area contributed by atoms with Crippen LogP contribution in [0.3, 0.4) is 0 Å². The van der Waals surface area contributed by atoms with Gasteiger partial charge in [0, 0.05) is 16.9 Å². The van der Waals surface area contributed by atoms with Gasteiger partial charge in [-0.15, -0.1) is 0 Å². The molecule has 0 radical (unpaired) electrons. The zero-order chi connectivity index (χ0) is 16.9. The van der Waals surface area contributed by atoms with E-state index in [-0.39, 0.29) is 0 Å². The lowest BCUT2D eigenvalue weighted by Gasteiger charge is -2.01. The Morgan fingerprint density at radius 2 is 1.24 bits per heavy atom. The van der Waals surface area contributed by atoms with Crippen LogP contribution in [0.15, 0.2) is 100 Å². The van der Waals surface area contributed by atoms with Crippen molar-refractivity contribution in [2.45, 2.75) is 10.8 Å². The lowest BCUT2D eigenvalue weighted by atomic mass is 10.2. The largest absolute Gasteiger partial charge is 0.435 e. The number of nitrogens with zero attached hydrogens (tertiary/aromatic N) is 1. The third kappa shape index (κ3) is 3.67. The van der Waals surface area contributed by atoms with Gasteiger partial charge in [-0.05, 0) is 17.7 Å². The standard InChI is InChI=1S/C22H17NOS/c1-4-10-17(11-5-1)16-25-22-20(18-12-6-2-7-13-18)24-21(23-22)19-14-8-3-9-15-19/h1-15H,16H2. The third-order valence-corrected chi connectivity index (χ3v) is 4.90. The highest BCUT2D eigenvalue weighted by Gasteiger charge is 2.16. The van der Waals surface area contributed by atoms with Crippen molar-refractivity contribution >= 4 is 11.8 Å². The molecule has 122 valence electrons. The lowest BCUT2D eigenvalue weighted by molar-refractivity contribution is 0.586. The van der Waals surface area contributed by atoms with Crippen molar-refractivity contribution in [1.82, 2.24) is 4.98 Å². The van der Waals surface area contributed by atoms with E-state index in [9.17, 15) is 0 Å². The van der Waals surface area contributed by atoms with Crippen LogP contribution in [-0.2, 0) is 5.75 Å². The second kappa shape index (κ2) is 7.41. The summed E-state index contributed by atoms with van der Waals surface area (Å²) in [6, 6.07) is 30.6.